The van der Waals surface area contributed by atoms with Crippen LogP contribution in [0.5, 0.6) is 23.0 Å². The maximum atomic E-state index is 12.9. The zero-order valence-corrected chi connectivity index (χ0v) is 17.3. The SMILES string of the molecule is COc1cc(NS(=O)(=O)c2ccc3c(c2)N(C(C)=O)CCO3)cc(OC)c1OC. The lowest BCUT2D eigenvalue weighted by molar-refractivity contribution is -0.116. The van der Waals surface area contributed by atoms with Gasteiger partial charge in [0.15, 0.2) is 11.5 Å². The van der Waals surface area contributed by atoms with E-state index in [1.54, 1.807) is 0 Å². The van der Waals surface area contributed by atoms with Gasteiger partial charge in [0.2, 0.25) is 11.7 Å². The van der Waals surface area contributed by atoms with Gasteiger partial charge in [-0.2, -0.15) is 0 Å². The Balaban J connectivity index is 1.99. The molecule has 1 amide bonds. The fourth-order valence-corrected chi connectivity index (χ4v) is 4.11. The number of rotatable bonds is 6. The average molecular weight is 422 g/mol. The Labute approximate surface area is 169 Å². The van der Waals surface area contributed by atoms with Crippen molar-refractivity contribution < 1.29 is 32.2 Å². The first kappa shape index (κ1) is 20.6. The number of amides is 1. The molecule has 1 heterocycles. The molecular formula is C19H22N2O7S. The summed E-state index contributed by atoms with van der Waals surface area (Å²) >= 11 is 0. The average Bonchev–Trinajstić information content (AvgIpc) is 2.71. The Morgan fingerprint density at radius 2 is 1.72 bits per heavy atom. The van der Waals surface area contributed by atoms with E-state index in [2.05, 4.69) is 4.72 Å². The van der Waals surface area contributed by atoms with Gasteiger partial charge in [0.1, 0.15) is 12.4 Å². The fourth-order valence-electron chi connectivity index (χ4n) is 3.05. The third kappa shape index (κ3) is 4.02. The van der Waals surface area contributed by atoms with Crippen LogP contribution in [0.25, 0.3) is 0 Å². The normalized spacial score (nSPS) is 13.2. The summed E-state index contributed by atoms with van der Waals surface area (Å²) in [4.78, 5) is 13.4. The van der Waals surface area contributed by atoms with Gasteiger partial charge in [-0.15, -0.1) is 0 Å². The van der Waals surface area contributed by atoms with Crippen molar-refractivity contribution in [2.24, 2.45) is 0 Å². The summed E-state index contributed by atoms with van der Waals surface area (Å²) in [6.07, 6.45) is 0. The molecule has 29 heavy (non-hydrogen) atoms. The van der Waals surface area contributed by atoms with Crippen molar-refractivity contribution in [1.82, 2.24) is 0 Å². The molecule has 1 aliphatic rings. The van der Waals surface area contributed by atoms with Gasteiger partial charge in [-0.1, -0.05) is 0 Å². The quantitative estimate of drug-likeness (QED) is 0.762. The molecule has 2 aromatic rings. The maximum absolute atomic E-state index is 12.9. The number of hydrogen-bond acceptors (Lipinski definition) is 7. The first-order valence-electron chi connectivity index (χ1n) is 8.68. The van der Waals surface area contributed by atoms with E-state index in [9.17, 15) is 13.2 Å². The molecular weight excluding hydrogens is 400 g/mol. The second-order valence-electron chi connectivity index (χ2n) is 6.17. The van der Waals surface area contributed by atoms with E-state index in [1.807, 2.05) is 0 Å². The van der Waals surface area contributed by atoms with Crippen molar-refractivity contribution >= 4 is 27.3 Å². The molecule has 0 unspecified atom stereocenters. The molecule has 0 spiro atoms. The molecule has 0 aliphatic carbocycles. The summed E-state index contributed by atoms with van der Waals surface area (Å²) in [5.74, 6) is 1.23. The fraction of sp³-hybridized carbons (Fsp3) is 0.316. The lowest BCUT2D eigenvalue weighted by Gasteiger charge is -2.29. The minimum absolute atomic E-state index is 0.0123. The summed E-state index contributed by atoms with van der Waals surface area (Å²) < 4.78 is 49.7. The molecule has 9 nitrogen and oxygen atoms in total. The van der Waals surface area contributed by atoms with Crippen LogP contribution in [0.1, 0.15) is 6.92 Å². The number of ether oxygens (including phenoxy) is 4. The molecule has 0 bridgehead atoms. The number of nitrogens with one attached hydrogen (secondary N) is 1. The number of benzene rings is 2. The van der Waals surface area contributed by atoms with E-state index < -0.39 is 10.0 Å². The number of fused-ring (bicyclic) bond motifs is 1. The van der Waals surface area contributed by atoms with Gasteiger partial charge >= 0.3 is 0 Å². The predicted octanol–water partition coefficient (Wildman–Crippen LogP) is 2.26. The zero-order chi connectivity index (χ0) is 21.2. The smallest absolute Gasteiger partial charge is 0.261 e. The van der Waals surface area contributed by atoms with E-state index in [4.69, 9.17) is 18.9 Å². The number of carbonyl (C=O) groups is 1. The van der Waals surface area contributed by atoms with Crippen molar-refractivity contribution in [3.63, 3.8) is 0 Å². The summed E-state index contributed by atoms with van der Waals surface area (Å²) in [5, 5.41) is 0. The second kappa shape index (κ2) is 8.08. The van der Waals surface area contributed by atoms with Gasteiger partial charge in [-0.25, -0.2) is 8.42 Å². The highest BCUT2D eigenvalue weighted by Crippen LogP contribution is 2.41. The van der Waals surface area contributed by atoms with Crippen LogP contribution in [-0.2, 0) is 14.8 Å². The van der Waals surface area contributed by atoms with E-state index in [-0.39, 0.29) is 16.5 Å². The Morgan fingerprint density at radius 3 is 2.28 bits per heavy atom. The molecule has 2 aromatic carbocycles. The maximum Gasteiger partial charge on any atom is 0.261 e. The number of nitrogens with zero attached hydrogens (tertiary/aromatic N) is 1. The van der Waals surface area contributed by atoms with Crippen LogP contribution >= 0.6 is 0 Å². The largest absolute Gasteiger partial charge is 0.493 e. The van der Waals surface area contributed by atoms with Crippen molar-refractivity contribution in [2.75, 3.05) is 44.1 Å². The van der Waals surface area contributed by atoms with Crippen LogP contribution in [0.15, 0.2) is 35.2 Å². The molecule has 0 radical (unpaired) electrons. The van der Waals surface area contributed by atoms with Gasteiger partial charge in [0.25, 0.3) is 10.0 Å². The van der Waals surface area contributed by atoms with Crippen LogP contribution in [0.4, 0.5) is 11.4 Å². The summed E-state index contributed by atoms with van der Waals surface area (Å²) in [5.41, 5.74) is 0.647. The van der Waals surface area contributed by atoms with Crippen LogP contribution in [0.2, 0.25) is 0 Å². The summed E-state index contributed by atoms with van der Waals surface area (Å²) in [7, 11) is 0.377. The topological polar surface area (TPSA) is 103 Å². The van der Waals surface area contributed by atoms with Gasteiger partial charge < -0.3 is 23.8 Å². The molecule has 0 atom stereocenters. The molecule has 0 saturated carbocycles. The second-order valence-corrected chi connectivity index (χ2v) is 7.85. The lowest BCUT2D eigenvalue weighted by Crippen LogP contribution is -2.36. The van der Waals surface area contributed by atoms with Crippen LogP contribution < -0.4 is 28.6 Å². The standard InChI is InChI=1S/C19H22N2O7S/c1-12(22)21-7-8-28-16-6-5-14(11-15(16)21)29(23,24)20-13-9-17(25-2)19(27-4)18(10-13)26-3/h5-6,9-11,20H,7-8H2,1-4H3. The minimum Gasteiger partial charge on any atom is -0.493 e. The third-order valence-corrected chi connectivity index (χ3v) is 5.78. The van der Waals surface area contributed by atoms with Crippen molar-refractivity contribution in [3.8, 4) is 23.0 Å². The van der Waals surface area contributed by atoms with Crippen molar-refractivity contribution in [3.05, 3.63) is 30.3 Å². The molecule has 0 saturated heterocycles. The van der Waals surface area contributed by atoms with E-state index in [1.165, 1.54) is 63.5 Å². The monoisotopic (exact) mass is 422 g/mol. The van der Waals surface area contributed by atoms with Crippen LogP contribution in [0.3, 0.4) is 0 Å². The molecule has 1 N–H and O–H groups in total. The van der Waals surface area contributed by atoms with E-state index >= 15 is 0 Å². The highest BCUT2D eigenvalue weighted by atomic mass is 32.2. The molecule has 156 valence electrons. The zero-order valence-electron chi connectivity index (χ0n) is 16.5. The van der Waals surface area contributed by atoms with E-state index in [0.717, 1.165) is 0 Å². The molecule has 1 aliphatic heterocycles. The highest BCUT2D eigenvalue weighted by molar-refractivity contribution is 7.92. The highest BCUT2D eigenvalue weighted by Gasteiger charge is 2.25. The minimum atomic E-state index is -3.96. The Morgan fingerprint density at radius 1 is 1.07 bits per heavy atom. The van der Waals surface area contributed by atoms with E-state index in [0.29, 0.717) is 41.8 Å². The van der Waals surface area contributed by atoms with Crippen LogP contribution in [-0.4, -0.2) is 48.8 Å². The number of hydrogen-bond donors (Lipinski definition) is 1. The summed E-state index contributed by atoms with van der Waals surface area (Å²) in [6, 6.07) is 7.35. The Bertz CT molecular complexity index is 1010. The molecule has 0 aromatic heterocycles. The number of anilines is 2. The Kier molecular flexibility index (Phi) is 5.73. The number of carbonyl (C=O) groups excluding carboxylic acids is 1. The molecule has 3 rings (SSSR count). The van der Waals surface area contributed by atoms with Gasteiger partial charge in [0.05, 0.1) is 44.1 Å². The van der Waals surface area contributed by atoms with Gasteiger partial charge in [-0.05, 0) is 18.2 Å². The Hall–Kier alpha value is -3.14. The summed E-state index contributed by atoms with van der Waals surface area (Å²) in [6.45, 7) is 2.12. The number of methoxy groups -OCH3 is 3. The van der Waals surface area contributed by atoms with Gasteiger partial charge in [-0.3, -0.25) is 9.52 Å². The lowest BCUT2D eigenvalue weighted by atomic mass is 10.2. The van der Waals surface area contributed by atoms with Gasteiger partial charge in [0, 0.05) is 19.1 Å². The molecule has 0 fully saturated rings. The van der Waals surface area contributed by atoms with Crippen molar-refractivity contribution in [2.45, 2.75) is 11.8 Å². The van der Waals surface area contributed by atoms with Crippen molar-refractivity contribution in [1.29, 1.82) is 0 Å². The predicted molar refractivity (Wildman–Crippen MR) is 107 cm³/mol. The first-order chi connectivity index (χ1) is 13.8. The molecule has 10 heteroatoms. The number of sulfonamides is 1. The van der Waals surface area contributed by atoms with Crippen LogP contribution in [0, 0.1) is 0 Å². The first-order valence-corrected chi connectivity index (χ1v) is 10.2. The third-order valence-electron chi connectivity index (χ3n) is 4.40.